The van der Waals surface area contributed by atoms with E-state index in [1.54, 1.807) is 6.26 Å². The van der Waals surface area contributed by atoms with Gasteiger partial charge in [0.25, 0.3) is 0 Å². The molecule has 1 atom stereocenters. The molecule has 1 heterocycles. The van der Waals surface area contributed by atoms with Crippen LogP contribution in [0.15, 0.2) is 22.8 Å². The fraction of sp³-hybridized carbons (Fsp3) is 0.636. The number of hydrogen-bond donors (Lipinski definition) is 1. The van der Waals surface area contributed by atoms with E-state index in [0.717, 1.165) is 18.6 Å². The first-order valence-electron chi connectivity index (χ1n) is 5.06. The van der Waals surface area contributed by atoms with Crippen LogP contribution in [0.5, 0.6) is 0 Å². The molecule has 1 aromatic heterocycles. The maximum absolute atomic E-state index is 5.28. The Kier molecular flexibility index (Phi) is 4.61. The van der Waals surface area contributed by atoms with Gasteiger partial charge in [0.15, 0.2) is 0 Å². The van der Waals surface area contributed by atoms with E-state index in [0.29, 0.717) is 6.04 Å². The van der Waals surface area contributed by atoms with Gasteiger partial charge in [-0.05, 0) is 32.0 Å². The molecule has 1 aromatic rings. The maximum atomic E-state index is 5.28. The van der Waals surface area contributed by atoms with Gasteiger partial charge < -0.3 is 9.73 Å². The zero-order valence-corrected chi connectivity index (χ0v) is 8.55. The molecular weight excluding hydrogens is 162 g/mol. The second-order valence-electron chi connectivity index (χ2n) is 3.39. The largest absolute Gasteiger partial charge is 0.469 e. The van der Waals surface area contributed by atoms with Crippen LogP contribution in [0.4, 0.5) is 0 Å². The summed E-state index contributed by atoms with van der Waals surface area (Å²) in [5.74, 6) is 1.09. The summed E-state index contributed by atoms with van der Waals surface area (Å²) in [7, 11) is 2.03. The molecule has 0 aromatic carbocycles. The van der Waals surface area contributed by atoms with E-state index >= 15 is 0 Å². The van der Waals surface area contributed by atoms with Crippen molar-refractivity contribution in [3.63, 3.8) is 0 Å². The Hall–Kier alpha value is -0.760. The van der Waals surface area contributed by atoms with Crippen molar-refractivity contribution in [1.29, 1.82) is 0 Å². The highest BCUT2D eigenvalue weighted by atomic mass is 16.3. The lowest BCUT2D eigenvalue weighted by Gasteiger charge is -2.13. The summed E-state index contributed by atoms with van der Waals surface area (Å²) in [5, 5.41) is 3.32. The summed E-state index contributed by atoms with van der Waals surface area (Å²) in [6, 6.07) is 4.62. The number of rotatable bonds is 6. The van der Waals surface area contributed by atoms with Gasteiger partial charge in [0, 0.05) is 12.5 Å². The van der Waals surface area contributed by atoms with Crippen LogP contribution >= 0.6 is 0 Å². The number of furan rings is 1. The fourth-order valence-electron chi connectivity index (χ4n) is 1.55. The predicted octanol–water partition coefficient (Wildman–Crippen LogP) is 2.60. The summed E-state index contributed by atoms with van der Waals surface area (Å²) in [6.45, 7) is 2.22. The summed E-state index contributed by atoms with van der Waals surface area (Å²) in [6.07, 6.45) is 6.43. The van der Waals surface area contributed by atoms with Crippen LogP contribution < -0.4 is 5.32 Å². The van der Waals surface area contributed by atoms with E-state index in [1.165, 1.54) is 12.8 Å². The Morgan fingerprint density at radius 3 is 2.85 bits per heavy atom. The van der Waals surface area contributed by atoms with Crippen LogP contribution in [0.1, 0.15) is 31.9 Å². The Morgan fingerprint density at radius 1 is 1.46 bits per heavy atom. The molecule has 0 aliphatic carbocycles. The Bertz CT molecular complexity index is 206. The van der Waals surface area contributed by atoms with Crippen molar-refractivity contribution in [1.82, 2.24) is 5.32 Å². The standard InChI is InChI=1S/C11H19NO/c1-3-5-10(12-2)7-8-11-6-4-9-13-11/h4,6,9-10,12H,3,5,7-8H2,1-2H3. The van der Waals surface area contributed by atoms with Gasteiger partial charge in [-0.1, -0.05) is 13.3 Å². The second kappa shape index (κ2) is 5.81. The smallest absolute Gasteiger partial charge is 0.103 e. The van der Waals surface area contributed by atoms with Gasteiger partial charge in [-0.2, -0.15) is 0 Å². The number of nitrogens with one attached hydrogen (secondary N) is 1. The monoisotopic (exact) mass is 181 g/mol. The van der Waals surface area contributed by atoms with E-state index in [-0.39, 0.29) is 0 Å². The topological polar surface area (TPSA) is 25.2 Å². The Balaban J connectivity index is 2.23. The first kappa shape index (κ1) is 10.3. The van der Waals surface area contributed by atoms with Gasteiger partial charge >= 0.3 is 0 Å². The van der Waals surface area contributed by atoms with Gasteiger partial charge in [-0.25, -0.2) is 0 Å². The molecule has 13 heavy (non-hydrogen) atoms. The highest BCUT2D eigenvalue weighted by molar-refractivity contribution is 4.98. The average Bonchev–Trinajstić information content (AvgIpc) is 2.64. The molecule has 0 saturated heterocycles. The van der Waals surface area contributed by atoms with Gasteiger partial charge in [0.2, 0.25) is 0 Å². The molecule has 0 saturated carbocycles. The highest BCUT2D eigenvalue weighted by Crippen LogP contribution is 2.08. The first-order valence-corrected chi connectivity index (χ1v) is 5.06. The third-order valence-electron chi connectivity index (χ3n) is 2.36. The van der Waals surface area contributed by atoms with Gasteiger partial charge in [-0.3, -0.25) is 0 Å². The summed E-state index contributed by atoms with van der Waals surface area (Å²) >= 11 is 0. The van der Waals surface area contributed by atoms with Crippen LogP contribution in [-0.4, -0.2) is 13.1 Å². The van der Waals surface area contributed by atoms with Crippen LogP contribution in [0.3, 0.4) is 0 Å². The molecule has 0 fully saturated rings. The summed E-state index contributed by atoms with van der Waals surface area (Å²) < 4.78 is 5.28. The van der Waals surface area contributed by atoms with Crippen LogP contribution in [0, 0.1) is 0 Å². The van der Waals surface area contributed by atoms with Crippen molar-refractivity contribution in [2.45, 2.75) is 38.6 Å². The van der Waals surface area contributed by atoms with E-state index in [2.05, 4.69) is 12.2 Å². The molecule has 0 radical (unpaired) electrons. The minimum atomic E-state index is 0.634. The van der Waals surface area contributed by atoms with Crippen LogP contribution in [0.25, 0.3) is 0 Å². The van der Waals surface area contributed by atoms with E-state index in [1.807, 2.05) is 19.2 Å². The molecule has 2 heteroatoms. The van der Waals surface area contributed by atoms with Crippen LogP contribution in [0.2, 0.25) is 0 Å². The molecule has 0 amide bonds. The fourth-order valence-corrected chi connectivity index (χ4v) is 1.55. The molecule has 0 bridgehead atoms. The lowest BCUT2D eigenvalue weighted by Crippen LogP contribution is -2.25. The summed E-state index contributed by atoms with van der Waals surface area (Å²) in [5.41, 5.74) is 0. The molecule has 1 N–H and O–H groups in total. The van der Waals surface area contributed by atoms with Gasteiger partial charge in [-0.15, -0.1) is 0 Å². The van der Waals surface area contributed by atoms with Gasteiger partial charge in [0.1, 0.15) is 5.76 Å². The number of aryl methyl sites for hydroxylation is 1. The zero-order valence-electron chi connectivity index (χ0n) is 8.55. The van der Waals surface area contributed by atoms with Crippen molar-refractivity contribution in [3.05, 3.63) is 24.2 Å². The molecule has 0 spiro atoms. The van der Waals surface area contributed by atoms with Crippen molar-refractivity contribution >= 4 is 0 Å². The lowest BCUT2D eigenvalue weighted by molar-refractivity contribution is 0.444. The predicted molar refractivity (Wildman–Crippen MR) is 54.8 cm³/mol. The second-order valence-corrected chi connectivity index (χ2v) is 3.39. The zero-order chi connectivity index (χ0) is 9.52. The van der Waals surface area contributed by atoms with Gasteiger partial charge in [0.05, 0.1) is 6.26 Å². The first-order chi connectivity index (χ1) is 6.36. The molecule has 0 aliphatic rings. The SMILES string of the molecule is CCCC(CCc1ccco1)NC. The molecule has 1 rings (SSSR count). The molecular formula is C11H19NO. The van der Waals surface area contributed by atoms with Crippen molar-refractivity contribution in [3.8, 4) is 0 Å². The minimum absolute atomic E-state index is 0.634. The minimum Gasteiger partial charge on any atom is -0.469 e. The number of hydrogen-bond acceptors (Lipinski definition) is 2. The lowest BCUT2D eigenvalue weighted by atomic mass is 10.1. The third-order valence-corrected chi connectivity index (χ3v) is 2.36. The molecule has 74 valence electrons. The average molecular weight is 181 g/mol. The van der Waals surface area contributed by atoms with E-state index in [4.69, 9.17) is 4.42 Å². The van der Waals surface area contributed by atoms with Crippen molar-refractivity contribution in [2.75, 3.05) is 7.05 Å². The normalized spacial score (nSPS) is 13.1. The van der Waals surface area contributed by atoms with Crippen molar-refractivity contribution < 1.29 is 4.42 Å². The van der Waals surface area contributed by atoms with Crippen molar-refractivity contribution in [2.24, 2.45) is 0 Å². The summed E-state index contributed by atoms with van der Waals surface area (Å²) in [4.78, 5) is 0. The molecule has 2 nitrogen and oxygen atoms in total. The highest BCUT2D eigenvalue weighted by Gasteiger charge is 2.05. The molecule has 0 aliphatic heterocycles. The quantitative estimate of drug-likeness (QED) is 0.729. The Morgan fingerprint density at radius 2 is 2.31 bits per heavy atom. The molecule has 1 unspecified atom stereocenters. The Labute approximate surface area is 80.3 Å². The van der Waals surface area contributed by atoms with Crippen LogP contribution in [-0.2, 0) is 6.42 Å². The van der Waals surface area contributed by atoms with E-state index in [9.17, 15) is 0 Å². The maximum Gasteiger partial charge on any atom is 0.103 e. The van der Waals surface area contributed by atoms with E-state index < -0.39 is 0 Å². The third kappa shape index (κ3) is 3.64.